The molecule has 15 heavy (non-hydrogen) atoms. The minimum absolute atomic E-state index is 0.356. The van der Waals surface area contributed by atoms with Crippen LogP contribution in [0.2, 0.25) is 0 Å². The molecule has 0 saturated carbocycles. The van der Waals surface area contributed by atoms with Crippen LogP contribution in [0.4, 0.5) is 0 Å². The first-order chi connectivity index (χ1) is 7.11. The molecule has 0 aliphatic heterocycles. The fraction of sp³-hybridized carbons (Fsp3) is 0.500. The Hall–Kier alpha value is -1.65. The minimum atomic E-state index is 0.356. The zero-order valence-electron chi connectivity index (χ0n) is 9.47. The van der Waals surface area contributed by atoms with Crippen molar-refractivity contribution in [1.29, 1.82) is 0 Å². The van der Waals surface area contributed by atoms with Gasteiger partial charge in [0.2, 0.25) is 0 Å². The molecule has 80 valence electrons. The summed E-state index contributed by atoms with van der Waals surface area (Å²) in [5, 5.41) is 12.3. The molecule has 2 aromatic heterocycles. The Morgan fingerprint density at radius 3 is 2.60 bits per heavy atom. The molecular formula is C10H15N5. The molecular weight excluding hydrogens is 190 g/mol. The van der Waals surface area contributed by atoms with Crippen molar-refractivity contribution in [1.82, 2.24) is 24.5 Å². The Morgan fingerprint density at radius 2 is 2.07 bits per heavy atom. The second-order valence-corrected chi connectivity index (χ2v) is 3.92. The molecule has 0 fully saturated rings. The van der Waals surface area contributed by atoms with Crippen molar-refractivity contribution < 1.29 is 0 Å². The van der Waals surface area contributed by atoms with Gasteiger partial charge >= 0.3 is 0 Å². The van der Waals surface area contributed by atoms with E-state index in [1.165, 1.54) is 0 Å². The number of hydrogen-bond donors (Lipinski definition) is 0. The van der Waals surface area contributed by atoms with E-state index < -0.39 is 0 Å². The van der Waals surface area contributed by atoms with E-state index in [1.807, 2.05) is 29.4 Å². The van der Waals surface area contributed by atoms with Crippen LogP contribution in [0.5, 0.6) is 0 Å². The largest absolute Gasteiger partial charge is 0.311 e. The molecule has 0 radical (unpaired) electrons. The average molecular weight is 205 g/mol. The van der Waals surface area contributed by atoms with Gasteiger partial charge < -0.3 is 4.57 Å². The first kappa shape index (κ1) is 9.89. The lowest BCUT2D eigenvalue weighted by atomic mass is 10.2. The lowest BCUT2D eigenvalue weighted by molar-refractivity contribution is 0.603. The molecule has 0 spiro atoms. The number of aromatic nitrogens is 5. The van der Waals surface area contributed by atoms with Gasteiger partial charge in [0.1, 0.15) is 6.33 Å². The molecule has 0 amide bonds. The molecule has 2 heterocycles. The van der Waals surface area contributed by atoms with Crippen molar-refractivity contribution >= 4 is 0 Å². The van der Waals surface area contributed by atoms with Gasteiger partial charge in [-0.2, -0.15) is 5.10 Å². The predicted octanol–water partition coefficient (Wildman–Crippen LogP) is 1.57. The highest BCUT2D eigenvalue weighted by molar-refractivity contribution is 5.57. The number of aryl methyl sites for hydroxylation is 1. The Kier molecular flexibility index (Phi) is 2.30. The van der Waals surface area contributed by atoms with Gasteiger partial charge in [0, 0.05) is 18.8 Å². The lowest BCUT2D eigenvalue weighted by Crippen LogP contribution is -2.02. The Labute approximate surface area is 88.7 Å². The molecule has 0 atom stereocenters. The Balaban J connectivity index is 2.54. The fourth-order valence-electron chi connectivity index (χ4n) is 1.53. The van der Waals surface area contributed by atoms with Crippen molar-refractivity contribution in [2.24, 2.45) is 7.05 Å². The van der Waals surface area contributed by atoms with Gasteiger partial charge in [-0.25, -0.2) is 0 Å². The SMILES string of the molecule is Cc1c(-c2nncn2C(C)C)cnn1C. The third kappa shape index (κ3) is 1.54. The summed E-state index contributed by atoms with van der Waals surface area (Å²) in [6, 6.07) is 0.356. The zero-order valence-corrected chi connectivity index (χ0v) is 9.47. The molecule has 0 aliphatic rings. The monoisotopic (exact) mass is 205 g/mol. The maximum Gasteiger partial charge on any atom is 0.167 e. The van der Waals surface area contributed by atoms with E-state index in [0.29, 0.717) is 6.04 Å². The summed E-state index contributed by atoms with van der Waals surface area (Å²) in [5.41, 5.74) is 2.15. The molecule has 5 heteroatoms. The summed E-state index contributed by atoms with van der Waals surface area (Å²) >= 11 is 0. The Morgan fingerprint density at radius 1 is 1.33 bits per heavy atom. The summed E-state index contributed by atoms with van der Waals surface area (Å²) < 4.78 is 3.89. The fourth-order valence-corrected chi connectivity index (χ4v) is 1.53. The average Bonchev–Trinajstić information content (AvgIpc) is 2.75. The standard InChI is InChI=1S/C10H15N5/c1-7(2)15-6-11-13-10(15)9-5-12-14(4)8(9)3/h5-7H,1-4H3. The molecule has 0 saturated heterocycles. The van der Waals surface area contributed by atoms with Gasteiger partial charge in [-0.15, -0.1) is 10.2 Å². The molecule has 0 aromatic carbocycles. The second-order valence-electron chi connectivity index (χ2n) is 3.92. The maximum absolute atomic E-state index is 4.21. The highest BCUT2D eigenvalue weighted by Gasteiger charge is 2.14. The quantitative estimate of drug-likeness (QED) is 0.747. The highest BCUT2D eigenvalue weighted by atomic mass is 15.3. The van der Waals surface area contributed by atoms with Crippen molar-refractivity contribution in [3.8, 4) is 11.4 Å². The normalized spacial score (nSPS) is 11.3. The van der Waals surface area contributed by atoms with Crippen LogP contribution in [0.3, 0.4) is 0 Å². The molecule has 2 aromatic rings. The smallest absolute Gasteiger partial charge is 0.167 e. The minimum Gasteiger partial charge on any atom is -0.311 e. The van der Waals surface area contributed by atoms with Crippen LogP contribution in [0.25, 0.3) is 11.4 Å². The first-order valence-electron chi connectivity index (χ1n) is 4.99. The highest BCUT2D eigenvalue weighted by Crippen LogP contribution is 2.22. The number of hydrogen-bond acceptors (Lipinski definition) is 3. The molecule has 0 aliphatic carbocycles. The summed E-state index contributed by atoms with van der Waals surface area (Å²) in [5.74, 6) is 0.885. The van der Waals surface area contributed by atoms with E-state index in [9.17, 15) is 0 Å². The second kappa shape index (κ2) is 3.49. The van der Waals surface area contributed by atoms with Gasteiger partial charge in [-0.1, -0.05) is 0 Å². The van der Waals surface area contributed by atoms with Crippen LogP contribution in [-0.4, -0.2) is 24.5 Å². The molecule has 2 rings (SSSR count). The van der Waals surface area contributed by atoms with Gasteiger partial charge in [0.25, 0.3) is 0 Å². The number of nitrogens with zero attached hydrogens (tertiary/aromatic N) is 5. The van der Waals surface area contributed by atoms with E-state index in [-0.39, 0.29) is 0 Å². The zero-order chi connectivity index (χ0) is 11.0. The van der Waals surface area contributed by atoms with Crippen LogP contribution >= 0.6 is 0 Å². The third-order valence-electron chi connectivity index (χ3n) is 2.61. The van der Waals surface area contributed by atoms with Crippen LogP contribution in [0.15, 0.2) is 12.5 Å². The van der Waals surface area contributed by atoms with E-state index in [4.69, 9.17) is 0 Å². The summed E-state index contributed by atoms with van der Waals surface area (Å²) in [4.78, 5) is 0. The van der Waals surface area contributed by atoms with Crippen molar-refractivity contribution in [2.75, 3.05) is 0 Å². The first-order valence-corrected chi connectivity index (χ1v) is 4.99. The summed E-state index contributed by atoms with van der Waals surface area (Å²) in [6.07, 6.45) is 3.59. The van der Waals surface area contributed by atoms with Crippen LogP contribution in [0.1, 0.15) is 25.6 Å². The van der Waals surface area contributed by atoms with Gasteiger partial charge in [-0.3, -0.25) is 4.68 Å². The van der Waals surface area contributed by atoms with Crippen LogP contribution < -0.4 is 0 Å². The predicted molar refractivity (Wildman–Crippen MR) is 57.3 cm³/mol. The lowest BCUT2D eigenvalue weighted by Gasteiger charge is -2.09. The summed E-state index contributed by atoms with van der Waals surface area (Å²) in [6.45, 7) is 6.25. The number of rotatable bonds is 2. The molecule has 5 nitrogen and oxygen atoms in total. The van der Waals surface area contributed by atoms with Gasteiger partial charge in [-0.05, 0) is 20.8 Å². The van der Waals surface area contributed by atoms with Crippen molar-refractivity contribution in [2.45, 2.75) is 26.8 Å². The van der Waals surface area contributed by atoms with Crippen LogP contribution in [-0.2, 0) is 7.05 Å². The van der Waals surface area contributed by atoms with Crippen molar-refractivity contribution in [3.63, 3.8) is 0 Å². The molecule has 0 bridgehead atoms. The van der Waals surface area contributed by atoms with Crippen molar-refractivity contribution in [3.05, 3.63) is 18.2 Å². The molecule has 0 N–H and O–H groups in total. The summed E-state index contributed by atoms with van der Waals surface area (Å²) in [7, 11) is 1.93. The van der Waals surface area contributed by atoms with E-state index >= 15 is 0 Å². The Bertz CT molecular complexity index is 466. The van der Waals surface area contributed by atoms with Gasteiger partial charge in [0.15, 0.2) is 5.82 Å². The third-order valence-corrected chi connectivity index (χ3v) is 2.61. The van der Waals surface area contributed by atoms with E-state index in [2.05, 4.69) is 29.1 Å². The van der Waals surface area contributed by atoms with Gasteiger partial charge in [0.05, 0.1) is 11.8 Å². The van der Waals surface area contributed by atoms with Crippen LogP contribution in [0, 0.1) is 6.92 Å². The van der Waals surface area contributed by atoms with E-state index in [0.717, 1.165) is 17.1 Å². The topological polar surface area (TPSA) is 48.5 Å². The maximum atomic E-state index is 4.21. The molecule has 0 unspecified atom stereocenters. The van der Waals surface area contributed by atoms with E-state index in [1.54, 1.807) is 6.33 Å².